The van der Waals surface area contributed by atoms with Crippen molar-refractivity contribution in [2.75, 3.05) is 38.6 Å². The normalized spacial score (nSPS) is 17.5. The van der Waals surface area contributed by atoms with E-state index in [2.05, 4.69) is 34.0 Å². The van der Waals surface area contributed by atoms with Crippen LogP contribution in [-0.4, -0.2) is 58.4 Å². The number of nitrogens with zero attached hydrogens (tertiary/aromatic N) is 6. The molecule has 1 aliphatic rings. The van der Waals surface area contributed by atoms with Crippen LogP contribution >= 0.6 is 0 Å². The Morgan fingerprint density at radius 3 is 2.55 bits per heavy atom. The van der Waals surface area contributed by atoms with Gasteiger partial charge >= 0.3 is 0 Å². The van der Waals surface area contributed by atoms with Crippen LogP contribution in [0.3, 0.4) is 0 Å². The number of fused-ring (bicyclic) bond motifs is 1. The molecule has 0 atom stereocenters. The topological polar surface area (TPSA) is 49.6 Å². The maximum absolute atomic E-state index is 4.68. The van der Waals surface area contributed by atoms with E-state index in [1.54, 1.807) is 0 Å². The first kappa shape index (κ1) is 15.2. The van der Waals surface area contributed by atoms with Crippen LogP contribution in [0.2, 0.25) is 0 Å². The molecule has 0 amide bonds. The predicted molar refractivity (Wildman–Crippen MR) is 88.4 cm³/mol. The van der Waals surface area contributed by atoms with Crippen LogP contribution in [0.15, 0.2) is 12.1 Å². The van der Waals surface area contributed by atoms with Gasteiger partial charge in [-0.05, 0) is 44.0 Å². The molecule has 0 bridgehead atoms. The number of anilines is 1. The first-order valence-corrected chi connectivity index (χ1v) is 8.16. The summed E-state index contributed by atoms with van der Waals surface area (Å²) in [4.78, 5) is 4.57. The second-order valence-electron chi connectivity index (χ2n) is 6.88. The molecule has 0 radical (unpaired) electrons. The standard InChI is InChI=1S/C16H26N6/c1-12(2)11-21-9-7-13(8-10-21)16-18-17-14-5-6-15(20(3)4)19-22(14)16/h5-6,12-13H,7-11H2,1-4H3. The molecule has 2 aromatic rings. The summed E-state index contributed by atoms with van der Waals surface area (Å²) in [7, 11) is 4.01. The van der Waals surface area contributed by atoms with E-state index in [0.29, 0.717) is 5.92 Å². The lowest BCUT2D eigenvalue weighted by Gasteiger charge is -2.32. The fourth-order valence-electron chi connectivity index (χ4n) is 3.18. The Labute approximate surface area is 132 Å². The van der Waals surface area contributed by atoms with E-state index < -0.39 is 0 Å². The first-order valence-electron chi connectivity index (χ1n) is 8.16. The lowest BCUT2D eigenvalue weighted by atomic mass is 9.95. The van der Waals surface area contributed by atoms with E-state index in [1.807, 2.05) is 35.6 Å². The highest BCUT2D eigenvalue weighted by atomic mass is 15.4. The smallest absolute Gasteiger partial charge is 0.178 e. The Hall–Kier alpha value is -1.69. The van der Waals surface area contributed by atoms with E-state index >= 15 is 0 Å². The lowest BCUT2D eigenvalue weighted by molar-refractivity contribution is 0.189. The number of aromatic nitrogens is 4. The zero-order chi connectivity index (χ0) is 15.7. The van der Waals surface area contributed by atoms with Crippen molar-refractivity contribution in [3.8, 4) is 0 Å². The van der Waals surface area contributed by atoms with Crippen molar-refractivity contribution in [1.29, 1.82) is 0 Å². The van der Waals surface area contributed by atoms with Gasteiger partial charge in [-0.1, -0.05) is 13.8 Å². The first-order chi connectivity index (χ1) is 10.5. The summed E-state index contributed by atoms with van der Waals surface area (Å²) in [5, 5.41) is 13.4. The van der Waals surface area contributed by atoms with E-state index in [9.17, 15) is 0 Å². The second-order valence-corrected chi connectivity index (χ2v) is 6.88. The third-order valence-electron chi connectivity index (χ3n) is 4.31. The van der Waals surface area contributed by atoms with Crippen molar-refractivity contribution >= 4 is 11.5 Å². The molecule has 3 rings (SSSR count). The summed E-state index contributed by atoms with van der Waals surface area (Å²) in [6.07, 6.45) is 2.28. The zero-order valence-corrected chi connectivity index (χ0v) is 14.0. The number of likely N-dealkylation sites (tertiary alicyclic amines) is 1. The van der Waals surface area contributed by atoms with Gasteiger partial charge < -0.3 is 9.80 Å². The molecular formula is C16H26N6. The Bertz CT molecular complexity index is 625. The van der Waals surface area contributed by atoms with Gasteiger partial charge in [0.15, 0.2) is 11.5 Å². The molecule has 0 N–H and O–H groups in total. The Morgan fingerprint density at radius 1 is 1.18 bits per heavy atom. The molecule has 120 valence electrons. The number of rotatable bonds is 4. The minimum absolute atomic E-state index is 0.461. The number of hydrogen-bond donors (Lipinski definition) is 0. The minimum Gasteiger partial charge on any atom is -0.361 e. The molecule has 0 spiro atoms. The summed E-state index contributed by atoms with van der Waals surface area (Å²) in [6.45, 7) is 8.04. The summed E-state index contributed by atoms with van der Waals surface area (Å²) >= 11 is 0. The molecule has 0 unspecified atom stereocenters. The third kappa shape index (κ3) is 3.06. The molecule has 1 fully saturated rings. The molecule has 0 saturated carbocycles. The maximum Gasteiger partial charge on any atom is 0.178 e. The van der Waals surface area contributed by atoms with Crippen LogP contribution in [0.1, 0.15) is 38.4 Å². The van der Waals surface area contributed by atoms with Crippen molar-refractivity contribution in [3.63, 3.8) is 0 Å². The van der Waals surface area contributed by atoms with Gasteiger partial charge in [-0.25, -0.2) is 0 Å². The van der Waals surface area contributed by atoms with Crippen molar-refractivity contribution in [1.82, 2.24) is 24.7 Å². The van der Waals surface area contributed by atoms with Gasteiger partial charge in [0.05, 0.1) is 0 Å². The van der Waals surface area contributed by atoms with Crippen LogP contribution in [0.5, 0.6) is 0 Å². The van der Waals surface area contributed by atoms with E-state index in [-0.39, 0.29) is 0 Å². The molecule has 3 heterocycles. The second kappa shape index (κ2) is 6.20. The minimum atomic E-state index is 0.461. The number of piperidine rings is 1. The van der Waals surface area contributed by atoms with Gasteiger partial charge in [0.2, 0.25) is 0 Å². The average molecular weight is 302 g/mol. The summed E-state index contributed by atoms with van der Waals surface area (Å²) < 4.78 is 1.93. The Balaban J connectivity index is 1.78. The van der Waals surface area contributed by atoms with E-state index in [0.717, 1.165) is 49.1 Å². The van der Waals surface area contributed by atoms with E-state index in [1.165, 1.54) is 6.54 Å². The largest absolute Gasteiger partial charge is 0.361 e. The molecule has 0 aliphatic carbocycles. The van der Waals surface area contributed by atoms with Gasteiger partial charge in [-0.15, -0.1) is 15.3 Å². The van der Waals surface area contributed by atoms with E-state index in [4.69, 9.17) is 0 Å². The van der Waals surface area contributed by atoms with Crippen LogP contribution in [0, 0.1) is 5.92 Å². The summed E-state index contributed by atoms with van der Waals surface area (Å²) in [5.41, 5.74) is 0.838. The molecule has 0 aromatic carbocycles. The highest BCUT2D eigenvalue weighted by Gasteiger charge is 2.25. The Kier molecular flexibility index (Phi) is 4.29. The summed E-state index contributed by atoms with van der Waals surface area (Å²) in [6, 6.07) is 3.98. The van der Waals surface area contributed by atoms with Crippen LogP contribution in [0.25, 0.3) is 5.65 Å². The SMILES string of the molecule is CC(C)CN1CCC(c2nnc3ccc(N(C)C)nn23)CC1. The Morgan fingerprint density at radius 2 is 1.91 bits per heavy atom. The fourth-order valence-corrected chi connectivity index (χ4v) is 3.18. The zero-order valence-electron chi connectivity index (χ0n) is 14.0. The van der Waals surface area contributed by atoms with Gasteiger partial charge in [-0.3, -0.25) is 0 Å². The van der Waals surface area contributed by atoms with Crippen molar-refractivity contribution in [2.45, 2.75) is 32.6 Å². The van der Waals surface area contributed by atoms with Crippen LogP contribution < -0.4 is 4.90 Å². The molecule has 2 aromatic heterocycles. The van der Waals surface area contributed by atoms with Gasteiger partial charge in [0.25, 0.3) is 0 Å². The molecule has 1 saturated heterocycles. The highest BCUT2D eigenvalue weighted by molar-refractivity contribution is 5.45. The molecule has 1 aliphatic heterocycles. The quantitative estimate of drug-likeness (QED) is 0.865. The van der Waals surface area contributed by atoms with Gasteiger partial charge in [0.1, 0.15) is 5.82 Å². The monoisotopic (exact) mass is 302 g/mol. The molecule has 22 heavy (non-hydrogen) atoms. The number of hydrogen-bond acceptors (Lipinski definition) is 5. The lowest BCUT2D eigenvalue weighted by Crippen LogP contribution is -2.36. The molecule has 6 nitrogen and oxygen atoms in total. The van der Waals surface area contributed by atoms with Crippen molar-refractivity contribution in [3.05, 3.63) is 18.0 Å². The van der Waals surface area contributed by atoms with Crippen LogP contribution in [-0.2, 0) is 0 Å². The molecular weight excluding hydrogens is 276 g/mol. The molecule has 6 heteroatoms. The predicted octanol–water partition coefficient (Wildman–Crippen LogP) is 2.03. The van der Waals surface area contributed by atoms with Gasteiger partial charge in [-0.2, -0.15) is 4.52 Å². The van der Waals surface area contributed by atoms with Gasteiger partial charge in [0, 0.05) is 26.6 Å². The third-order valence-corrected chi connectivity index (χ3v) is 4.31. The fraction of sp³-hybridized carbons (Fsp3) is 0.688. The summed E-state index contributed by atoms with van der Waals surface area (Å²) in [5.74, 6) is 3.15. The van der Waals surface area contributed by atoms with Crippen molar-refractivity contribution < 1.29 is 0 Å². The van der Waals surface area contributed by atoms with Crippen molar-refractivity contribution in [2.24, 2.45) is 5.92 Å². The highest BCUT2D eigenvalue weighted by Crippen LogP contribution is 2.27. The van der Waals surface area contributed by atoms with Crippen LogP contribution in [0.4, 0.5) is 5.82 Å². The maximum atomic E-state index is 4.68. The average Bonchev–Trinajstić information content (AvgIpc) is 2.90.